The van der Waals surface area contributed by atoms with E-state index in [2.05, 4.69) is 269 Å². The summed E-state index contributed by atoms with van der Waals surface area (Å²) in [6.45, 7) is 47.0. The molecular weight excluding hydrogens is 1450 g/mol. The lowest BCUT2D eigenvalue weighted by Crippen LogP contribution is -2.07. The highest BCUT2D eigenvalue weighted by Crippen LogP contribution is 2.46. The fraction of sp³-hybridized carbons (Fsp3) is 0.714. The Morgan fingerprint density at radius 2 is 0.965 bits per heavy atom. The Kier molecular flexibility index (Phi) is 32.2. The van der Waals surface area contributed by atoms with Gasteiger partial charge >= 0.3 is 0 Å². The number of imidazole rings is 2. The van der Waals surface area contributed by atoms with E-state index in [-0.39, 0.29) is 0 Å². The van der Waals surface area contributed by atoms with E-state index in [9.17, 15) is 0 Å². The van der Waals surface area contributed by atoms with E-state index in [1.807, 2.05) is 74.8 Å². The van der Waals surface area contributed by atoms with Crippen LogP contribution in [0.5, 0.6) is 0 Å². The standard InChI is InChI=1S/2C9H14N2.2C9H13NO.2C8H13N3.C8H12N2O.2C7H12N4.2C5H9N3/c1-7(2)11-6-10-5-9(11)8-3-4-8;1-7(2)9-5-10-6-11(9)8-3-4-8;1-6(2)9-8(5-11-10-9)7-3-4-7;1-6(2)9-8(5-10-11-9)7-3-4-7;1-6(2)8-10-9-5-11(8)7-3-4-7;1-6(2)11-8(5-9-10-11)7-3-4-7;1-5(2)7-8(6-3-4-6)10-11-9-7;1-5(2)11-7(6-3-4-6)8-9-10-11;1-5(2)7-8-9-10-11(7)6-3-4-6;1-5(2)8-3-6-7-4-8;1-5(2)8-4-3-6-7-8/h2*5-8H,3-4H2,1-2H3;4*5-7H,3-4H2,1-2H3;3*5-6H,3-4H2,1-2H3;2*3-5H,1-2H3. The van der Waals surface area contributed by atoms with Crippen molar-refractivity contribution in [3.05, 3.63) is 144 Å². The third kappa shape index (κ3) is 27.1. The molecule has 11 heterocycles. The molecule has 31 nitrogen and oxygen atoms in total. The first-order chi connectivity index (χ1) is 55.2. The average molecular weight is 1580 g/mol. The SMILES string of the molecule is CC(C)c1cncn1C1CC1.CC(C)c1nncn1C1CC1.CC(C)c1nnnn1C1CC1.CC(C)c1nocc1C1CC1.CC(C)c1nonc1C1CC1.CC(C)c1oncc1C1CC1.CC(C)n1ccnn1.CC(C)n1cncc1C1CC1.CC(C)n1cnnc1.CC(C)n1nncc1C1CC1.CC(C)n1nnnc1C1CC1. The van der Waals surface area contributed by atoms with Gasteiger partial charge in [0.1, 0.15) is 48.2 Å². The molecule has 0 aliphatic heterocycles. The Balaban J connectivity index is 0.000000134. The van der Waals surface area contributed by atoms with Crippen molar-refractivity contribution in [2.45, 2.75) is 387 Å². The van der Waals surface area contributed by atoms with Crippen LogP contribution in [0, 0.1) is 0 Å². The highest BCUT2D eigenvalue weighted by atomic mass is 16.6. The quantitative estimate of drug-likeness (QED) is 0.0684. The lowest BCUT2D eigenvalue weighted by molar-refractivity contribution is 0.299. The van der Waals surface area contributed by atoms with Gasteiger partial charge in [0.25, 0.3) is 0 Å². The van der Waals surface area contributed by atoms with Crippen molar-refractivity contribution in [2.75, 3.05) is 0 Å². The smallest absolute Gasteiger partial charge is 0.154 e. The minimum atomic E-state index is 0.389. The van der Waals surface area contributed by atoms with Crippen molar-refractivity contribution in [2.24, 2.45) is 0 Å². The van der Waals surface area contributed by atoms with Crippen molar-refractivity contribution < 1.29 is 13.7 Å². The Hall–Kier alpha value is -9.32. The van der Waals surface area contributed by atoms with Crippen LogP contribution in [-0.2, 0) is 0 Å². The minimum Gasteiger partial charge on any atom is -0.364 e. The molecule has 0 amide bonds. The number of hydrogen-bond donors (Lipinski definition) is 0. The zero-order chi connectivity index (χ0) is 82.6. The summed E-state index contributed by atoms with van der Waals surface area (Å²) in [6, 6.07) is 4.39. The Bertz CT molecular complexity index is 3510. The van der Waals surface area contributed by atoms with Gasteiger partial charge in [-0.25, -0.2) is 28.6 Å². The van der Waals surface area contributed by atoms with E-state index in [4.69, 9.17) is 13.7 Å². The predicted molar refractivity (Wildman–Crippen MR) is 441 cm³/mol. The molecule has 9 aliphatic rings. The molecule has 628 valence electrons. The maximum atomic E-state index is 5.18. The Morgan fingerprint density at radius 1 is 0.383 bits per heavy atom. The van der Waals surface area contributed by atoms with Gasteiger partial charge < -0.3 is 27.3 Å². The number of tetrazole rings is 2. The van der Waals surface area contributed by atoms with Crippen molar-refractivity contribution in [3.8, 4) is 0 Å². The molecular formula is C84H134N28O3. The molecule has 9 saturated carbocycles. The first-order valence-electron chi connectivity index (χ1n) is 43.0. The number of aromatic nitrogens is 28. The van der Waals surface area contributed by atoms with Crippen LogP contribution in [-0.4, -0.2) is 140 Å². The van der Waals surface area contributed by atoms with Crippen LogP contribution >= 0.6 is 0 Å². The van der Waals surface area contributed by atoms with E-state index in [0.29, 0.717) is 89.6 Å². The van der Waals surface area contributed by atoms with Gasteiger partial charge in [-0.2, -0.15) is 0 Å². The van der Waals surface area contributed by atoms with Crippen LogP contribution in [0.1, 0.15) is 456 Å². The second-order valence-electron chi connectivity index (χ2n) is 35.5. The van der Waals surface area contributed by atoms with Gasteiger partial charge in [-0.15, -0.1) is 40.8 Å². The lowest BCUT2D eigenvalue weighted by atomic mass is 10.0. The first-order valence-corrected chi connectivity index (χ1v) is 43.0. The zero-order valence-corrected chi connectivity index (χ0v) is 72.9. The summed E-state index contributed by atoms with van der Waals surface area (Å²) in [5.41, 5.74) is 10.1. The van der Waals surface area contributed by atoms with Crippen LogP contribution in [0.25, 0.3) is 0 Å². The summed E-state index contributed by atoms with van der Waals surface area (Å²) in [7, 11) is 0. The monoisotopic (exact) mass is 1580 g/mol. The summed E-state index contributed by atoms with van der Waals surface area (Å²) in [4.78, 5) is 8.34. The van der Waals surface area contributed by atoms with Crippen LogP contribution < -0.4 is 0 Å². The topological polar surface area (TPSA) is 337 Å². The van der Waals surface area contributed by atoms with Crippen LogP contribution in [0.15, 0.2) is 88.8 Å². The van der Waals surface area contributed by atoms with Gasteiger partial charge in [0, 0.05) is 125 Å². The summed E-state index contributed by atoms with van der Waals surface area (Å²) < 4.78 is 31.3. The normalized spacial score (nSPS) is 16.7. The maximum Gasteiger partial charge on any atom is 0.154 e. The van der Waals surface area contributed by atoms with Gasteiger partial charge in [0.2, 0.25) is 0 Å². The molecule has 0 bridgehead atoms. The third-order valence-corrected chi connectivity index (χ3v) is 20.9. The average Bonchev–Trinajstić information content (AvgIpc) is 1.73. The largest absolute Gasteiger partial charge is 0.364 e. The Morgan fingerprint density at radius 3 is 1.47 bits per heavy atom. The van der Waals surface area contributed by atoms with Gasteiger partial charge in [0.05, 0.1) is 54.7 Å². The molecule has 0 aromatic carbocycles. The molecule has 9 fully saturated rings. The highest BCUT2D eigenvalue weighted by Gasteiger charge is 2.35. The second kappa shape index (κ2) is 42.0. The molecule has 0 atom stereocenters. The maximum absolute atomic E-state index is 5.18. The van der Waals surface area contributed by atoms with E-state index in [1.54, 1.807) is 23.5 Å². The summed E-state index contributed by atoms with van der Waals surface area (Å²) in [5, 5.41) is 69.6. The van der Waals surface area contributed by atoms with E-state index >= 15 is 0 Å². The van der Waals surface area contributed by atoms with Crippen molar-refractivity contribution in [1.29, 1.82) is 0 Å². The highest BCUT2D eigenvalue weighted by molar-refractivity contribution is 5.27. The summed E-state index contributed by atoms with van der Waals surface area (Å²) in [5.74, 6) is 11.7. The van der Waals surface area contributed by atoms with Crippen molar-refractivity contribution in [1.82, 2.24) is 140 Å². The molecule has 31 heteroatoms. The van der Waals surface area contributed by atoms with Crippen LogP contribution in [0.4, 0.5) is 0 Å². The van der Waals surface area contributed by atoms with E-state index in [1.165, 1.54) is 144 Å². The molecule has 9 aliphatic carbocycles. The molecule has 0 N–H and O–H groups in total. The van der Waals surface area contributed by atoms with Gasteiger partial charge in [0.15, 0.2) is 11.6 Å². The molecule has 11 aromatic rings. The number of nitrogens with zero attached hydrogens (tertiary/aromatic N) is 28. The third-order valence-electron chi connectivity index (χ3n) is 20.9. The zero-order valence-electron chi connectivity index (χ0n) is 72.9. The minimum absolute atomic E-state index is 0.389. The molecule has 11 aromatic heterocycles. The second-order valence-corrected chi connectivity index (χ2v) is 35.5. The van der Waals surface area contributed by atoms with Gasteiger partial charge in [-0.3, -0.25) is 4.68 Å². The fourth-order valence-corrected chi connectivity index (χ4v) is 12.8. The Labute approximate surface area is 680 Å². The number of rotatable bonds is 20. The van der Waals surface area contributed by atoms with Crippen LogP contribution in [0.3, 0.4) is 0 Å². The fourth-order valence-electron chi connectivity index (χ4n) is 12.8. The molecule has 0 unspecified atom stereocenters. The van der Waals surface area contributed by atoms with E-state index < -0.39 is 0 Å². The summed E-state index contributed by atoms with van der Waals surface area (Å²) in [6.07, 6.45) is 45.8. The van der Waals surface area contributed by atoms with Crippen molar-refractivity contribution in [3.63, 3.8) is 0 Å². The molecule has 0 saturated heterocycles. The van der Waals surface area contributed by atoms with Crippen LogP contribution in [0.2, 0.25) is 0 Å². The molecule has 115 heavy (non-hydrogen) atoms. The summed E-state index contributed by atoms with van der Waals surface area (Å²) >= 11 is 0. The molecule has 0 radical (unpaired) electrons. The van der Waals surface area contributed by atoms with Gasteiger partial charge in [-0.1, -0.05) is 114 Å². The molecule has 0 spiro atoms. The van der Waals surface area contributed by atoms with E-state index in [0.717, 1.165) is 70.0 Å². The van der Waals surface area contributed by atoms with Gasteiger partial charge in [-0.05, 0) is 229 Å². The lowest BCUT2D eigenvalue weighted by Gasteiger charge is -2.10. The first kappa shape index (κ1) is 88.1. The number of hydrogen-bond acceptors (Lipinski definition) is 23. The predicted octanol–water partition coefficient (Wildman–Crippen LogP) is 19.6. The van der Waals surface area contributed by atoms with Crippen molar-refractivity contribution >= 4 is 0 Å². The molecule has 20 rings (SSSR count).